The molecule has 1 rings (SSSR count). The maximum Gasteiger partial charge on any atom is 0.114 e. The molecular formula is C7H13N3. The zero-order valence-corrected chi connectivity index (χ0v) is 6.32. The van der Waals surface area contributed by atoms with Crippen LogP contribution in [0.2, 0.25) is 0 Å². The number of unbranched alkanes of at least 4 members (excludes halogenated alkanes) is 1. The Kier molecular flexibility index (Phi) is 2.93. The van der Waals surface area contributed by atoms with E-state index in [1.807, 2.05) is 6.21 Å². The van der Waals surface area contributed by atoms with Gasteiger partial charge in [0.05, 0.1) is 6.54 Å². The second-order valence-electron chi connectivity index (χ2n) is 2.38. The molecule has 1 heterocycles. The molecule has 0 fully saturated rings. The highest BCUT2D eigenvalue weighted by molar-refractivity contribution is 5.69. The standard InChI is InChI=1S/C7H13N3/c1-2-3-5-10-6-4-8-9-7-10/h4,7H,2-3,5-6H2,1H3. The minimum absolute atomic E-state index is 0.920. The van der Waals surface area contributed by atoms with Crippen LogP contribution in [0.1, 0.15) is 19.8 Å². The molecular weight excluding hydrogens is 126 g/mol. The van der Waals surface area contributed by atoms with Gasteiger partial charge in [0, 0.05) is 12.8 Å². The predicted molar refractivity (Wildman–Crippen MR) is 43.5 cm³/mol. The van der Waals surface area contributed by atoms with E-state index < -0.39 is 0 Å². The van der Waals surface area contributed by atoms with Gasteiger partial charge in [-0.05, 0) is 6.42 Å². The molecule has 0 unspecified atom stereocenters. The average Bonchev–Trinajstić information content (AvgIpc) is 2.03. The van der Waals surface area contributed by atoms with E-state index in [2.05, 4.69) is 22.0 Å². The molecule has 0 amide bonds. The van der Waals surface area contributed by atoms with Gasteiger partial charge < -0.3 is 4.90 Å². The predicted octanol–water partition coefficient (Wildman–Crippen LogP) is 1.12. The number of nitrogens with zero attached hydrogens (tertiary/aromatic N) is 3. The molecule has 0 radical (unpaired) electrons. The zero-order chi connectivity index (χ0) is 7.23. The second kappa shape index (κ2) is 4.04. The summed E-state index contributed by atoms with van der Waals surface area (Å²) in [5, 5.41) is 7.52. The van der Waals surface area contributed by atoms with Gasteiger partial charge in [0.1, 0.15) is 6.34 Å². The Bertz CT molecular complexity index is 140. The van der Waals surface area contributed by atoms with E-state index in [0.29, 0.717) is 0 Å². The van der Waals surface area contributed by atoms with Crippen LogP contribution < -0.4 is 0 Å². The molecule has 0 bridgehead atoms. The third-order valence-electron chi connectivity index (χ3n) is 1.48. The summed E-state index contributed by atoms with van der Waals surface area (Å²) >= 11 is 0. The van der Waals surface area contributed by atoms with Gasteiger partial charge in [-0.2, -0.15) is 5.10 Å². The molecule has 3 heteroatoms. The van der Waals surface area contributed by atoms with Gasteiger partial charge in [0.2, 0.25) is 0 Å². The van der Waals surface area contributed by atoms with Crippen molar-refractivity contribution >= 4 is 12.6 Å². The molecule has 10 heavy (non-hydrogen) atoms. The van der Waals surface area contributed by atoms with E-state index >= 15 is 0 Å². The Morgan fingerprint density at radius 3 is 3.00 bits per heavy atom. The van der Waals surface area contributed by atoms with Crippen molar-refractivity contribution in [2.24, 2.45) is 10.2 Å². The summed E-state index contributed by atoms with van der Waals surface area (Å²) in [6.07, 6.45) is 6.10. The Morgan fingerprint density at radius 1 is 1.50 bits per heavy atom. The van der Waals surface area contributed by atoms with Crippen LogP contribution in [-0.4, -0.2) is 30.5 Å². The van der Waals surface area contributed by atoms with Gasteiger partial charge in [0.25, 0.3) is 0 Å². The van der Waals surface area contributed by atoms with Crippen molar-refractivity contribution in [2.45, 2.75) is 19.8 Å². The molecule has 0 aromatic heterocycles. The fourth-order valence-corrected chi connectivity index (χ4v) is 0.849. The second-order valence-corrected chi connectivity index (χ2v) is 2.38. The topological polar surface area (TPSA) is 28.0 Å². The third kappa shape index (κ3) is 2.17. The van der Waals surface area contributed by atoms with E-state index in [1.54, 1.807) is 6.34 Å². The van der Waals surface area contributed by atoms with Crippen molar-refractivity contribution in [3.63, 3.8) is 0 Å². The van der Waals surface area contributed by atoms with Crippen LogP contribution in [0.4, 0.5) is 0 Å². The Balaban J connectivity index is 2.17. The monoisotopic (exact) mass is 139 g/mol. The Morgan fingerprint density at radius 2 is 2.40 bits per heavy atom. The van der Waals surface area contributed by atoms with Crippen molar-refractivity contribution in [1.82, 2.24) is 4.90 Å². The summed E-state index contributed by atoms with van der Waals surface area (Å²) in [4.78, 5) is 2.16. The lowest BCUT2D eigenvalue weighted by atomic mass is 10.3. The molecule has 1 aliphatic rings. The molecule has 0 atom stereocenters. The number of hydrogen-bond donors (Lipinski definition) is 0. The fraction of sp³-hybridized carbons (Fsp3) is 0.714. The lowest BCUT2D eigenvalue weighted by molar-refractivity contribution is 0.466. The summed E-state index contributed by atoms with van der Waals surface area (Å²) in [6.45, 7) is 4.21. The largest absolute Gasteiger partial charge is 0.356 e. The van der Waals surface area contributed by atoms with Crippen molar-refractivity contribution in [2.75, 3.05) is 13.1 Å². The first-order valence-electron chi connectivity index (χ1n) is 3.72. The lowest BCUT2D eigenvalue weighted by Gasteiger charge is -2.17. The van der Waals surface area contributed by atoms with Crippen molar-refractivity contribution in [3.8, 4) is 0 Å². The van der Waals surface area contributed by atoms with Crippen LogP contribution >= 0.6 is 0 Å². The fourth-order valence-electron chi connectivity index (χ4n) is 0.849. The van der Waals surface area contributed by atoms with E-state index in [-0.39, 0.29) is 0 Å². The van der Waals surface area contributed by atoms with Crippen LogP contribution in [-0.2, 0) is 0 Å². The smallest absolute Gasteiger partial charge is 0.114 e. The van der Waals surface area contributed by atoms with E-state index in [1.165, 1.54) is 12.8 Å². The quantitative estimate of drug-likeness (QED) is 0.575. The Hall–Kier alpha value is -0.860. The molecule has 0 spiro atoms. The van der Waals surface area contributed by atoms with Gasteiger partial charge in [-0.15, -0.1) is 5.10 Å². The van der Waals surface area contributed by atoms with Crippen LogP contribution in [0.3, 0.4) is 0 Å². The van der Waals surface area contributed by atoms with Crippen molar-refractivity contribution in [1.29, 1.82) is 0 Å². The van der Waals surface area contributed by atoms with E-state index in [4.69, 9.17) is 0 Å². The van der Waals surface area contributed by atoms with Gasteiger partial charge in [-0.1, -0.05) is 13.3 Å². The highest BCUT2D eigenvalue weighted by Crippen LogP contribution is 1.93. The summed E-state index contributed by atoms with van der Waals surface area (Å²) in [6, 6.07) is 0. The van der Waals surface area contributed by atoms with Crippen LogP contribution in [0.15, 0.2) is 10.2 Å². The summed E-state index contributed by atoms with van der Waals surface area (Å²) in [5.41, 5.74) is 0. The highest BCUT2D eigenvalue weighted by atomic mass is 15.3. The SMILES string of the molecule is CCCCN1C=NN=CC1. The molecule has 0 aromatic carbocycles. The zero-order valence-electron chi connectivity index (χ0n) is 6.32. The van der Waals surface area contributed by atoms with Gasteiger partial charge in [-0.3, -0.25) is 0 Å². The summed E-state index contributed by atoms with van der Waals surface area (Å²) < 4.78 is 0. The molecule has 1 aliphatic heterocycles. The molecule has 56 valence electrons. The summed E-state index contributed by atoms with van der Waals surface area (Å²) in [5.74, 6) is 0. The van der Waals surface area contributed by atoms with E-state index in [0.717, 1.165) is 13.1 Å². The molecule has 0 saturated heterocycles. The Labute approximate surface area is 61.4 Å². The third-order valence-corrected chi connectivity index (χ3v) is 1.48. The molecule has 0 aliphatic carbocycles. The van der Waals surface area contributed by atoms with Crippen LogP contribution in [0, 0.1) is 0 Å². The maximum absolute atomic E-state index is 3.78. The first-order valence-corrected chi connectivity index (χ1v) is 3.72. The van der Waals surface area contributed by atoms with Gasteiger partial charge in [0.15, 0.2) is 0 Å². The van der Waals surface area contributed by atoms with Gasteiger partial charge >= 0.3 is 0 Å². The normalized spacial score (nSPS) is 16.3. The van der Waals surface area contributed by atoms with Crippen LogP contribution in [0.25, 0.3) is 0 Å². The molecule has 0 aromatic rings. The molecule has 0 saturated carbocycles. The minimum Gasteiger partial charge on any atom is -0.356 e. The van der Waals surface area contributed by atoms with Gasteiger partial charge in [-0.25, -0.2) is 0 Å². The number of hydrogen-bond acceptors (Lipinski definition) is 3. The maximum atomic E-state index is 3.78. The number of rotatable bonds is 3. The summed E-state index contributed by atoms with van der Waals surface area (Å²) in [7, 11) is 0. The first-order chi connectivity index (χ1) is 4.93. The van der Waals surface area contributed by atoms with Crippen LogP contribution in [0.5, 0.6) is 0 Å². The first kappa shape index (κ1) is 7.25. The lowest BCUT2D eigenvalue weighted by Crippen LogP contribution is -2.26. The van der Waals surface area contributed by atoms with Crippen molar-refractivity contribution < 1.29 is 0 Å². The van der Waals surface area contributed by atoms with Crippen molar-refractivity contribution in [3.05, 3.63) is 0 Å². The minimum atomic E-state index is 0.920. The molecule has 0 N–H and O–H groups in total. The highest BCUT2D eigenvalue weighted by Gasteiger charge is 1.98. The van der Waals surface area contributed by atoms with E-state index in [9.17, 15) is 0 Å². The molecule has 3 nitrogen and oxygen atoms in total. The average molecular weight is 139 g/mol.